The largest absolute Gasteiger partial charge is 0.353 e. The predicted molar refractivity (Wildman–Crippen MR) is 93.8 cm³/mol. The number of nitrogens with one attached hydrogen (secondary N) is 2. The molecule has 0 aromatic heterocycles. The van der Waals surface area contributed by atoms with Crippen LogP contribution in [0.1, 0.15) is 41.6 Å². The Morgan fingerprint density at radius 2 is 1.83 bits per heavy atom. The first-order chi connectivity index (χ1) is 11.6. The molecule has 2 fully saturated rings. The summed E-state index contributed by atoms with van der Waals surface area (Å²) in [5.41, 5.74) is 1.85. The fourth-order valence-electron chi connectivity index (χ4n) is 3.54. The molecule has 1 atom stereocenters. The smallest absolute Gasteiger partial charge is 0.253 e. The van der Waals surface area contributed by atoms with Crippen LogP contribution in [0.25, 0.3) is 0 Å². The number of piperidine rings is 2. The Hall–Kier alpha value is -1.88. The van der Waals surface area contributed by atoms with E-state index >= 15 is 0 Å². The van der Waals surface area contributed by atoms with Crippen molar-refractivity contribution in [1.29, 1.82) is 0 Å². The van der Waals surface area contributed by atoms with Crippen LogP contribution < -0.4 is 10.6 Å². The van der Waals surface area contributed by atoms with Crippen LogP contribution in [0.2, 0.25) is 0 Å². The number of amides is 2. The molecule has 3 rings (SSSR count). The average molecular weight is 329 g/mol. The van der Waals surface area contributed by atoms with E-state index in [0.717, 1.165) is 50.9 Å². The van der Waals surface area contributed by atoms with Crippen molar-refractivity contribution < 1.29 is 9.59 Å². The summed E-state index contributed by atoms with van der Waals surface area (Å²) in [6, 6.07) is 7.94. The zero-order chi connectivity index (χ0) is 16.9. The fraction of sp³-hybridized carbons (Fsp3) is 0.579. The molecule has 0 radical (unpaired) electrons. The van der Waals surface area contributed by atoms with Crippen LogP contribution in [0.4, 0.5) is 0 Å². The van der Waals surface area contributed by atoms with Gasteiger partial charge >= 0.3 is 0 Å². The third kappa shape index (κ3) is 4.15. The number of carbonyl (C=O) groups is 2. The second kappa shape index (κ2) is 7.79. The molecule has 130 valence electrons. The van der Waals surface area contributed by atoms with E-state index in [1.54, 1.807) is 0 Å². The molecule has 5 heteroatoms. The molecule has 5 nitrogen and oxygen atoms in total. The minimum absolute atomic E-state index is 0.0365. The summed E-state index contributed by atoms with van der Waals surface area (Å²) < 4.78 is 0. The molecule has 2 aliphatic rings. The van der Waals surface area contributed by atoms with E-state index in [4.69, 9.17) is 0 Å². The highest BCUT2D eigenvalue weighted by atomic mass is 16.2. The highest BCUT2D eigenvalue weighted by Crippen LogP contribution is 2.20. The first kappa shape index (κ1) is 17.0. The van der Waals surface area contributed by atoms with Crippen molar-refractivity contribution in [2.75, 3.05) is 26.2 Å². The molecule has 2 saturated heterocycles. The number of hydrogen-bond donors (Lipinski definition) is 2. The molecule has 0 bridgehead atoms. The van der Waals surface area contributed by atoms with Crippen molar-refractivity contribution in [1.82, 2.24) is 15.5 Å². The molecule has 2 amide bonds. The minimum atomic E-state index is -0.0805. The minimum Gasteiger partial charge on any atom is -0.353 e. The summed E-state index contributed by atoms with van der Waals surface area (Å²) in [6.07, 6.45) is 3.74. The van der Waals surface area contributed by atoms with Crippen molar-refractivity contribution in [3.8, 4) is 0 Å². The number of likely N-dealkylation sites (tertiary alicyclic amines) is 1. The van der Waals surface area contributed by atoms with Gasteiger partial charge in [0.25, 0.3) is 5.91 Å². The SMILES string of the molecule is Cc1ccc(C(=O)N2CCCC(C(=O)NC3CCNCC3)C2)cc1. The molecule has 1 unspecified atom stereocenters. The average Bonchev–Trinajstić information content (AvgIpc) is 2.63. The Kier molecular flexibility index (Phi) is 5.51. The van der Waals surface area contributed by atoms with Crippen LogP contribution in [0, 0.1) is 12.8 Å². The third-order valence-corrected chi connectivity index (χ3v) is 5.06. The lowest BCUT2D eigenvalue weighted by molar-refractivity contribution is -0.127. The Morgan fingerprint density at radius 1 is 1.12 bits per heavy atom. The maximum Gasteiger partial charge on any atom is 0.253 e. The molecule has 0 saturated carbocycles. The van der Waals surface area contributed by atoms with Gasteiger partial charge in [0.15, 0.2) is 0 Å². The predicted octanol–water partition coefficient (Wildman–Crippen LogP) is 1.72. The Balaban J connectivity index is 1.58. The third-order valence-electron chi connectivity index (χ3n) is 5.06. The van der Waals surface area contributed by atoms with Crippen LogP contribution in [0.15, 0.2) is 24.3 Å². The molecule has 0 spiro atoms. The van der Waals surface area contributed by atoms with Gasteiger partial charge in [0.1, 0.15) is 0 Å². The molecule has 24 heavy (non-hydrogen) atoms. The van der Waals surface area contributed by atoms with Crippen molar-refractivity contribution in [2.45, 2.75) is 38.6 Å². The Morgan fingerprint density at radius 3 is 2.54 bits per heavy atom. The molecule has 0 aliphatic carbocycles. The zero-order valence-electron chi connectivity index (χ0n) is 14.4. The van der Waals surface area contributed by atoms with E-state index in [2.05, 4.69) is 10.6 Å². The summed E-state index contributed by atoms with van der Waals surface area (Å²) in [6.45, 7) is 5.21. The van der Waals surface area contributed by atoms with E-state index < -0.39 is 0 Å². The normalized spacial score (nSPS) is 22.2. The number of rotatable bonds is 3. The van der Waals surface area contributed by atoms with Crippen LogP contribution >= 0.6 is 0 Å². The Bertz CT molecular complexity index is 579. The van der Waals surface area contributed by atoms with E-state index in [-0.39, 0.29) is 23.8 Å². The van der Waals surface area contributed by atoms with Crippen LogP contribution in [-0.4, -0.2) is 48.9 Å². The first-order valence-corrected chi connectivity index (χ1v) is 9.00. The van der Waals surface area contributed by atoms with Crippen LogP contribution in [-0.2, 0) is 4.79 Å². The van der Waals surface area contributed by atoms with Gasteiger partial charge in [-0.25, -0.2) is 0 Å². The van der Waals surface area contributed by atoms with Crippen molar-refractivity contribution in [3.05, 3.63) is 35.4 Å². The second-order valence-corrected chi connectivity index (χ2v) is 6.99. The van der Waals surface area contributed by atoms with Crippen molar-refractivity contribution in [3.63, 3.8) is 0 Å². The van der Waals surface area contributed by atoms with Gasteiger partial charge in [0.05, 0.1) is 5.92 Å². The maximum atomic E-state index is 12.7. The van der Waals surface area contributed by atoms with E-state index in [1.807, 2.05) is 36.1 Å². The first-order valence-electron chi connectivity index (χ1n) is 9.00. The quantitative estimate of drug-likeness (QED) is 0.887. The number of carbonyl (C=O) groups excluding carboxylic acids is 2. The van der Waals surface area contributed by atoms with Gasteiger partial charge in [0, 0.05) is 24.7 Å². The lowest BCUT2D eigenvalue weighted by Crippen LogP contribution is -2.49. The van der Waals surface area contributed by atoms with E-state index in [9.17, 15) is 9.59 Å². The number of hydrogen-bond acceptors (Lipinski definition) is 3. The van der Waals surface area contributed by atoms with Crippen LogP contribution in [0.5, 0.6) is 0 Å². The zero-order valence-corrected chi connectivity index (χ0v) is 14.4. The summed E-state index contributed by atoms with van der Waals surface area (Å²) in [4.78, 5) is 27.0. The lowest BCUT2D eigenvalue weighted by atomic mass is 9.95. The van der Waals surface area contributed by atoms with E-state index in [1.165, 1.54) is 0 Å². The van der Waals surface area contributed by atoms with Gasteiger partial charge in [-0.1, -0.05) is 17.7 Å². The molecule has 2 heterocycles. The monoisotopic (exact) mass is 329 g/mol. The number of aryl methyl sites for hydroxylation is 1. The standard InChI is InChI=1S/C19H27N3O2/c1-14-4-6-15(7-5-14)19(24)22-12-2-3-16(13-22)18(23)21-17-8-10-20-11-9-17/h4-7,16-17,20H,2-3,8-13H2,1H3,(H,21,23). The molecule has 2 aliphatic heterocycles. The van der Waals surface area contributed by atoms with Crippen LogP contribution in [0.3, 0.4) is 0 Å². The molecular weight excluding hydrogens is 302 g/mol. The summed E-state index contributed by atoms with van der Waals surface area (Å²) in [5, 5.41) is 6.49. The lowest BCUT2D eigenvalue weighted by Gasteiger charge is -2.33. The fourth-order valence-corrected chi connectivity index (χ4v) is 3.54. The highest BCUT2D eigenvalue weighted by molar-refractivity contribution is 5.94. The summed E-state index contributed by atoms with van der Waals surface area (Å²) >= 11 is 0. The van der Waals surface area contributed by atoms with Gasteiger partial charge < -0.3 is 15.5 Å². The van der Waals surface area contributed by atoms with Gasteiger partial charge in [-0.05, 0) is 57.8 Å². The van der Waals surface area contributed by atoms with Gasteiger partial charge in [-0.2, -0.15) is 0 Å². The Labute approximate surface area is 143 Å². The number of nitrogens with zero attached hydrogens (tertiary/aromatic N) is 1. The highest BCUT2D eigenvalue weighted by Gasteiger charge is 2.30. The van der Waals surface area contributed by atoms with Crippen molar-refractivity contribution >= 4 is 11.8 Å². The van der Waals surface area contributed by atoms with Gasteiger partial charge in [-0.3, -0.25) is 9.59 Å². The number of benzene rings is 1. The molecule has 1 aromatic rings. The van der Waals surface area contributed by atoms with E-state index in [0.29, 0.717) is 12.1 Å². The topological polar surface area (TPSA) is 61.4 Å². The maximum absolute atomic E-state index is 12.7. The van der Waals surface area contributed by atoms with Gasteiger partial charge in [0.2, 0.25) is 5.91 Å². The second-order valence-electron chi connectivity index (χ2n) is 6.99. The van der Waals surface area contributed by atoms with Gasteiger partial charge in [-0.15, -0.1) is 0 Å². The summed E-state index contributed by atoms with van der Waals surface area (Å²) in [7, 11) is 0. The molecular formula is C19H27N3O2. The molecule has 1 aromatic carbocycles. The van der Waals surface area contributed by atoms with Crippen molar-refractivity contribution in [2.24, 2.45) is 5.92 Å². The molecule has 2 N–H and O–H groups in total. The summed E-state index contributed by atoms with van der Waals surface area (Å²) in [5.74, 6) is 0.0701.